The van der Waals surface area contributed by atoms with Gasteiger partial charge >= 0.3 is 5.97 Å². The molecule has 5 heteroatoms. The fraction of sp³-hybridized carbons (Fsp3) is 0.286. The van der Waals surface area contributed by atoms with Gasteiger partial charge in [-0.25, -0.2) is 0 Å². The number of carbonyl (C=O) groups excluding carboxylic acids is 1. The van der Waals surface area contributed by atoms with E-state index in [0.717, 1.165) is 5.39 Å². The van der Waals surface area contributed by atoms with Crippen LogP contribution >= 0.6 is 0 Å². The van der Waals surface area contributed by atoms with Crippen LogP contribution in [-0.2, 0) is 9.53 Å². The van der Waals surface area contributed by atoms with E-state index in [1.165, 1.54) is 6.92 Å². The van der Waals surface area contributed by atoms with Crippen LogP contribution in [0.3, 0.4) is 0 Å². The van der Waals surface area contributed by atoms with Gasteiger partial charge in [-0.2, -0.15) is 0 Å². The van der Waals surface area contributed by atoms with Crippen molar-refractivity contribution >= 4 is 22.4 Å². The van der Waals surface area contributed by atoms with Crippen LogP contribution in [0.25, 0.3) is 10.8 Å². The molecule has 0 aliphatic heterocycles. The predicted octanol–water partition coefficient (Wildman–Crippen LogP) is 1.71. The van der Waals surface area contributed by atoms with Gasteiger partial charge < -0.3 is 15.0 Å². The average molecular weight is 260 g/mol. The predicted molar refractivity (Wildman–Crippen MR) is 74.0 cm³/mol. The first-order chi connectivity index (χ1) is 9.00. The summed E-state index contributed by atoms with van der Waals surface area (Å²) in [6.07, 6.45) is 1.68. The van der Waals surface area contributed by atoms with Crippen molar-refractivity contribution in [1.82, 2.24) is 4.57 Å². The number of pyridine rings is 1. The molecular formula is C14H16N2O3. The molecule has 0 radical (unpaired) electrons. The van der Waals surface area contributed by atoms with E-state index >= 15 is 0 Å². The van der Waals surface area contributed by atoms with Crippen molar-refractivity contribution in [3.05, 3.63) is 40.8 Å². The van der Waals surface area contributed by atoms with Crippen LogP contribution in [0.1, 0.15) is 19.9 Å². The second-order valence-corrected chi connectivity index (χ2v) is 4.49. The first-order valence-corrected chi connectivity index (χ1v) is 6.03. The van der Waals surface area contributed by atoms with Gasteiger partial charge in [-0.15, -0.1) is 0 Å². The zero-order chi connectivity index (χ0) is 14.0. The number of nitrogen functional groups attached to an aromatic ring is 1. The Hall–Kier alpha value is -2.30. The number of benzene rings is 1. The molecule has 5 nitrogen and oxygen atoms in total. The molecule has 2 N–H and O–H groups in total. The number of hydrogen-bond donors (Lipinski definition) is 1. The summed E-state index contributed by atoms with van der Waals surface area (Å²) < 4.78 is 6.47. The Morgan fingerprint density at radius 3 is 2.79 bits per heavy atom. The number of fused-ring (bicyclic) bond motifs is 1. The third-order valence-electron chi connectivity index (χ3n) is 3.01. The Bertz CT molecular complexity index is 676. The monoisotopic (exact) mass is 260 g/mol. The molecule has 0 aliphatic carbocycles. The number of ether oxygens (including phenoxy) is 1. The fourth-order valence-electron chi connectivity index (χ4n) is 1.98. The normalized spacial score (nSPS) is 12.3. The van der Waals surface area contributed by atoms with E-state index in [1.54, 1.807) is 35.0 Å². The van der Waals surface area contributed by atoms with Crippen LogP contribution in [0.4, 0.5) is 5.69 Å². The van der Waals surface area contributed by atoms with E-state index in [2.05, 4.69) is 0 Å². The average Bonchev–Trinajstić information content (AvgIpc) is 2.37. The van der Waals surface area contributed by atoms with Crippen molar-refractivity contribution < 1.29 is 9.53 Å². The molecule has 0 spiro atoms. The highest BCUT2D eigenvalue weighted by Gasteiger charge is 2.11. The lowest BCUT2D eigenvalue weighted by atomic mass is 10.1. The summed E-state index contributed by atoms with van der Waals surface area (Å²) in [4.78, 5) is 23.1. The third kappa shape index (κ3) is 2.59. The van der Waals surface area contributed by atoms with E-state index in [4.69, 9.17) is 10.5 Å². The Morgan fingerprint density at radius 2 is 2.11 bits per heavy atom. The topological polar surface area (TPSA) is 74.3 Å². The first kappa shape index (κ1) is 13.1. The molecule has 19 heavy (non-hydrogen) atoms. The quantitative estimate of drug-likeness (QED) is 0.673. The van der Waals surface area contributed by atoms with Crippen molar-refractivity contribution in [2.24, 2.45) is 0 Å². The lowest BCUT2D eigenvalue weighted by Crippen LogP contribution is -2.26. The summed E-state index contributed by atoms with van der Waals surface area (Å²) in [6.45, 7) is 3.34. The van der Waals surface area contributed by atoms with Crippen LogP contribution in [0.5, 0.6) is 0 Å². The molecule has 0 aliphatic rings. The lowest BCUT2D eigenvalue weighted by molar-refractivity contribution is -0.141. The molecule has 100 valence electrons. The standard InChI is InChI=1S/C14H16N2O3/c1-9(8-19-10(2)17)16-7-6-11-12(14(16)18)4-3-5-13(11)15/h3-7,9H,8,15H2,1-2H3. The van der Waals surface area contributed by atoms with Gasteiger partial charge in [-0.05, 0) is 25.1 Å². The van der Waals surface area contributed by atoms with Crippen molar-refractivity contribution in [1.29, 1.82) is 0 Å². The summed E-state index contributed by atoms with van der Waals surface area (Å²) in [5.74, 6) is -0.357. The van der Waals surface area contributed by atoms with Crippen LogP contribution < -0.4 is 11.3 Å². The molecule has 0 bridgehead atoms. The molecule has 0 amide bonds. The van der Waals surface area contributed by atoms with Crippen LogP contribution in [-0.4, -0.2) is 17.1 Å². The van der Waals surface area contributed by atoms with Crippen molar-refractivity contribution in [2.45, 2.75) is 19.9 Å². The van der Waals surface area contributed by atoms with E-state index in [1.807, 2.05) is 6.92 Å². The number of rotatable bonds is 3. The second-order valence-electron chi connectivity index (χ2n) is 4.49. The van der Waals surface area contributed by atoms with E-state index in [9.17, 15) is 9.59 Å². The van der Waals surface area contributed by atoms with E-state index in [0.29, 0.717) is 11.1 Å². The molecule has 1 aromatic carbocycles. The van der Waals surface area contributed by atoms with Gasteiger partial charge in [0.25, 0.3) is 5.56 Å². The molecule has 0 saturated heterocycles. The highest BCUT2D eigenvalue weighted by Crippen LogP contribution is 2.18. The Labute approximate surface area is 110 Å². The summed E-state index contributed by atoms with van der Waals surface area (Å²) in [7, 11) is 0. The largest absolute Gasteiger partial charge is 0.464 e. The summed E-state index contributed by atoms with van der Waals surface area (Å²) in [5, 5.41) is 1.31. The third-order valence-corrected chi connectivity index (χ3v) is 3.01. The molecule has 0 fully saturated rings. The van der Waals surface area contributed by atoms with Gasteiger partial charge in [0.05, 0.1) is 6.04 Å². The number of esters is 1. The van der Waals surface area contributed by atoms with Crippen LogP contribution in [0.15, 0.2) is 35.3 Å². The van der Waals surface area contributed by atoms with Crippen molar-refractivity contribution in [3.8, 4) is 0 Å². The maximum atomic E-state index is 12.3. The van der Waals surface area contributed by atoms with Gasteiger partial charge in [0.2, 0.25) is 0 Å². The zero-order valence-corrected chi connectivity index (χ0v) is 10.9. The SMILES string of the molecule is CC(=O)OCC(C)n1ccc2c(N)cccc2c1=O. The van der Waals surface area contributed by atoms with Gasteiger partial charge in [0.1, 0.15) is 6.61 Å². The molecule has 0 saturated carbocycles. The van der Waals surface area contributed by atoms with Crippen molar-refractivity contribution in [3.63, 3.8) is 0 Å². The highest BCUT2D eigenvalue weighted by molar-refractivity contribution is 5.91. The van der Waals surface area contributed by atoms with Crippen molar-refractivity contribution in [2.75, 3.05) is 12.3 Å². The van der Waals surface area contributed by atoms with Crippen LogP contribution in [0, 0.1) is 0 Å². The van der Waals surface area contributed by atoms with Gasteiger partial charge in [-0.3, -0.25) is 9.59 Å². The molecule has 1 heterocycles. The zero-order valence-electron chi connectivity index (χ0n) is 10.9. The molecule has 1 aromatic heterocycles. The highest BCUT2D eigenvalue weighted by atomic mass is 16.5. The number of nitrogens with two attached hydrogens (primary N) is 1. The molecule has 2 aromatic rings. The summed E-state index contributed by atoms with van der Waals surface area (Å²) in [6, 6.07) is 6.83. The molecule has 1 atom stereocenters. The van der Waals surface area contributed by atoms with Gasteiger partial charge in [0.15, 0.2) is 0 Å². The van der Waals surface area contributed by atoms with E-state index in [-0.39, 0.29) is 24.2 Å². The Morgan fingerprint density at radius 1 is 1.37 bits per heavy atom. The van der Waals surface area contributed by atoms with Gasteiger partial charge in [0, 0.05) is 29.6 Å². The summed E-state index contributed by atoms with van der Waals surface area (Å²) >= 11 is 0. The second kappa shape index (κ2) is 5.14. The number of aromatic nitrogens is 1. The number of hydrogen-bond acceptors (Lipinski definition) is 4. The maximum Gasteiger partial charge on any atom is 0.302 e. The Kier molecular flexibility index (Phi) is 3.55. The minimum Gasteiger partial charge on any atom is -0.464 e. The summed E-state index contributed by atoms with van der Waals surface area (Å²) in [5.41, 5.74) is 6.28. The minimum atomic E-state index is -0.357. The first-order valence-electron chi connectivity index (χ1n) is 6.03. The Balaban J connectivity index is 2.43. The molecular weight excluding hydrogens is 244 g/mol. The molecule has 2 rings (SSSR count). The smallest absolute Gasteiger partial charge is 0.302 e. The number of nitrogens with zero attached hydrogens (tertiary/aromatic N) is 1. The molecule has 1 unspecified atom stereocenters. The maximum absolute atomic E-state index is 12.3. The lowest BCUT2D eigenvalue weighted by Gasteiger charge is -2.15. The van der Waals surface area contributed by atoms with E-state index < -0.39 is 0 Å². The number of anilines is 1. The van der Waals surface area contributed by atoms with Crippen LogP contribution in [0.2, 0.25) is 0 Å². The minimum absolute atomic E-state index is 0.135. The fourth-order valence-corrected chi connectivity index (χ4v) is 1.98. The number of carbonyl (C=O) groups is 1. The van der Waals surface area contributed by atoms with Gasteiger partial charge in [-0.1, -0.05) is 6.07 Å².